The van der Waals surface area contributed by atoms with Crippen molar-refractivity contribution in [2.75, 3.05) is 13.2 Å². The number of ether oxygens (including phenoxy) is 5. The quantitative estimate of drug-likeness (QED) is 0.202. The summed E-state index contributed by atoms with van der Waals surface area (Å²) in [5.41, 5.74) is 9.30. The molecule has 0 radical (unpaired) electrons. The van der Waals surface area contributed by atoms with Crippen LogP contribution in [0.25, 0.3) is 10.4 Å². The van der Waals surface area contributed by atoms with Crippen LogP contribution >= 0.6 is 0 Å². The Labute approximate surface area is 182 Å². The van der Waals surface area contributed by atoms with Crippen molar-refractivity contribution in [3.8, 4) is 0 Å². The van der Waals surface area contributed by atoms with E-state index in [0.717, 1.165) is 5.56 Å². The summed E-state index contributed by atoms with van der Waals surface area (Å²) in [6.45, 7) is -0.614. The Morgan fingerprint density at radius 1 is 1.00 bits per heavy atom. The molecule has 5 N–H and O–H groups in total. The average Bonchev–Trinajstić information content (AvgIpc) is 2.82. The summed E-state index contributed by atoms with van der Waals surface area (Å²) in [4.78, 5) is 2.53. The lowest BCUT2D eigenvalue weighted by Gasteiger charge is -2.48. The number of aliphatic hydroxyl groups is 5. The van der Waals surface area contributed by atoms with Gasteiger partial charge in [-0.05, 0) is 5.53 Å². The van der Waals surface area contributed by atoms with Crippen molar-refractivity contribution in [2.24, 2.45) is 5.11 Å². The number of hydrogen-bond donors (Lipinski definition) is 5. The van der Waals surface area contributed by atoms with Crippen LogP contribution < -0.4 is 0 Å². The second-order valence-electron chi connectivity index (χ2n) is 7.74. The van der Waals surface area contributed by atoms with Crippen LogP contribution in [-0.2, 0) is 23.7 Å². The molecule has 3 heterocycles. The van der Waals surface area contributed by atoms with Crippen LogP contribution in [0, 0.1) is 0 Å². The molecular weight excluding hydrogens is 430 g/mol. The van der Waals surface area contributed by atoms with Gasteiger partial charge in [-0.1, -0.05) is 35.4 Å². The minimum atomic E-state index is -1.65. The van der Waals surface area contributed by atoms with Gasteiger partial charge < -0.3 is 49.2 Å². The number of hydrogen-bond acceptors (Lipinski definition) is 11. The first-order valence-electron chi connectivity index (χ1n) is 10.1. The maximum absolute atomic E-state index is 10.7. The first-order chi connectivity index (χ1) is 15.4. The van der Waals surface area contributed by atoms with Gasteiger partial charge in [-0.15, -0.1) is 0 Å². The standard InChI is InChI=1S/C19H25N3O10/c20-22-21-17-13(26)11(24)15(9(6-23)29-17)32-19-14(27)12(25)16-10(30-19)7-28-18(31-16)8-4-2-1-3-5-8/h1-5,9-19,23-27H,6-7H2/t9?,10?,11?,12?,13?,14?,15-,16+,17-,18?,19+/m1/s1. The SMILES string of the molecule is [N-]=[N+]=N[C@@H]1OC(CO)[C@@H](O[C@@H]2OC3COC(c4ccccc4)O[C@@H]3C(O)C2O)C(O)C1O. The monoisotopic (exact) mass is 455 g/mol. The molecule has 32 heavy (non-hydrogen) atoms. The van der Waals surface area contributed by atoms with Gasteiger partial charge in [0.25, 0.3) is 0 Å². The van der Waals surface area contributed by atoms with E-state index in [4.69, 9.17) is 29.2 Å². The first-order valence-corrected chi connectivity index (χ1v) is 10.1. The predicted octanol–water partition coefficient (Wildman–Crippen LogP) is -1.32. The highest BCUT2D eigenvalue weighted by Crippen LogP contribution is 2.35. The first kappa shape index (κ1) is 23.3. The summed E-state index contributed by atoms with van der Waals surface area (Å²) in [6, 6.07) is 9.08. The molecule has 3 fully saturated rings. The highest BCUT2D eigenvalue weighted by Gasteiger charge is 2.52. The zero-order valence-electron chi connectivity index (χ0n) is 16.8. The predicted molar refractivity (Wildman–Crippen MR) is 102 cm³/mol. The fourth-order valence-corrected chi connectivity index (χ4v) is 4.01. The zero-order chi connectivity index (χ0) is 22.8. The number of nitrogens with zero attached hydrogens (tertiary/aromatic N) is 3. The number of aliphatic hydroxyl groups excluding tert-OH is 5. The molecular formula is C19H25N3O10. The minimum absolute atomic E-state index is 0.0304. The third kappa shape index (κ3) is 4.46. The number of rotatable bonds is 5. The maximum Gasteiger partial charge on any atom is 0.187 e. The average molecular weight is 455 g/mol. The van der Waals surface area contributed by atoms with Gasteiger partial charge in [0.1, 0.15) is 48.8 Å². The molecule has 0 saturated carbocycles. The van der Waals surface area contributed by atoms with Gasteiger partial charge in [0.05, 0.1) is 13.2 Å². The van der Waals surface area contributed by atoms with Gasteiger partial charge in [-0.3, -0.25) is 0 Å². The normalized spacial score (nSPS) is 44.3. The topological polar surface area (TPSA) is 196 Å². The van der Waals surface area contributed by atoms with Crippen molar-refractivity contribution in [3.63, 3.8) is 0 Å². The second kappa shape index (κ2) is 9.95. The summed E-state index contributed by atoms with van der Waals surface area (Å²) in [7, 11) is 0. The molecule has 1 aromatic rings. The van der Waals surface area contributed by atoms with E-state index in [1.165, 1.54) is 0 Å². The van der Waals surface area contributed by atoms with E-state index < -0.39 is 74.2 Å². The molecule has 0 aromatic heterocycles. The van der Waals surface area contributed by atoms with Gasteiger partial charge in [0, 0.05) is 10.5 Å². The maximum atomic E-state index is 10.7. The fourth-order valence-electron chi connectivity index (χ4n) is 4.01. The number of azide groups is 1. The van der Waals surface area contributed by atoms with Gasteiger partial charge >= 0.3 is 0 Å². The Bertz CT molecular complexity index is 808. The van der Waals surface area contributed by atoms with E-state index in [1.54, 1.807) is 12.1 Å². The van der Waals surface area contributed by atoms with Gasteiger partial charge in [-0.25, -0.2) is 0 Å². The molecule has 3 aliphatic heterocycles. The lowest BCUT2D eigenvalue weighted by Crippen LogP contribution is -2.65. The van der Waals surface area contributed by atoms with Crippen molar-refractivity contribution < 1.29 is 49.2 Å². The Balaban J connectivity index is 1.44. The van der Waals surface area contributed by atoms with Crippen LogP contribution in [0.15, 0.2) is 35.4 Å². The molecule has 7 unspecified atom stereocenters. The molecule has 0 spiro atoms. The molecule has 0 amide bonds. The molecule has 0 aliphatic carbocycles. The molecule has 3 saturated heterocycles. The largest absolute Gasteiger partial charge is 0.394 e. The van der Waals surface area contributed by atoms with Crippen molar-refractivity contribution in [3.05, 3.63) is 46.3 Å². The fraction of sp³-hybridized carbons (Fsp3) is 0.684. The molecule has 3 aliphatic rings. The second-order valence-corrected chi connectivity index (χ2v) is 7.74. The third-order valence-electron chi connectivity index (χ3n) is 5.70. The lowest BCUT2D eigenvalue weighted by atomic mass is 9.96. The number of benzene rings is 1. The molecule has 13 heteroatoms. The third-order valence-corrected chi connectivity index (χ3v) is 5.70. The number of fused-ring (bicyclic) bond motifs is 1. The van der Waals surface area contributed by atoms with Crippen LogP contribution in [0.1, 0.15) is 11.9 Å². The summed E-state index contributed by atoms with van der Waals surface area (Å²) >= 11 is 0. The highest BCUT2D eigenvalue weighted by molar-refractivity contribution is 5.16. The van der Waals surface area contributed by atoms with Crippen LogP contribution in [-0.4, -0.2) is 100 Å². The van der Waals surface area contributed by atoms with Crippen molar-refractivity contribution in [1.82, 2.24) is 0 Å². The molecule has 11 atom stereocenters. The Hall–Kier alpha value is -1.87. The van der Waals surface area contributed by atoms with E-state index >= 15 is 0 Å². The van der Waals surface area contributed by atoms with Crippen molar-refractivity contribution in [1.29, 1.82) is 0 Å². The molecule has 176 valence electrons. The summed E-state index contributed by atoms with van der Waals surface area (Å²) in [5.74, 6) is 0. The molecule has 13 nitrogen and oxygen atoms in total. The van der Waals surface area contributed by atoms with E-state index in [1.807, 2.05) is 18.2 Å². The molecule has 1 aromatic carbocycles. The van der Waals surface area contributed by atoms with Crippen LogP contribution in [0.2, 0.25) is 0 Å². The van der Waals surface area contributed by atoms with E-state index in [2.05, 4.69) is 10.0 Å². The highest BCUT2D eigenvalue weighted by atomic mass is 16.8. The van der Waals surface area contributed by atoms with E-state index in [-0.39, 0.29) is 6.61 Å². The molecule has 4 rings (SSSR count). The van der Waals surface area contributed by atoms with Crippen LogP contribution in [0.3, 0.4) is 0 Å². The molecule has 0 bridgehead atoms. The summed E-state index contributed by atoms with van der Waals surface area (Å²) in [5, 5.41) is 54.6. The lowest BCUT2D eigenvalue weighted by molar-refractivity contribution is -0.378. The van der Waals surface area contributed by atoms with Crippen molar-refractivity contribution in [2.45, 2.75) is 67.6 Å². The summed E-state index contributed by atoms with van der Waals surface area (Å²) in [6.07, 6.45) is -14.2. The van der Waals surface area contributed by atoms with Crippen LogP contribution in [0.4, 0.5) is 0 Å². The zero-order valence-corrected chi connectivity index (χ0v) is 16.8. The smallest absolute Gasteiger partial charge is 0.187 e. The summed E-state index contributed by atoms with van der Waals surface area (Å²) < 4.78 is 28.1. The van der Waals surface area contributed by atoms with Gasteiger partial charge in [0.15, 0.2) is 18.8 Å². The van der Waals surface area contributed by atoms with Crippen molar-refractivity contribution >= 4 is 0 Å². The Kier molecular flexibility index (Phi) is 7.24. The van der Waals surface area contributed by atoms with Gasteiger partial charge in [0.2, 0.25) is 0 Å². The Morgan fingerprint density at radius 3 is 2.44 bits per heavy atom. The van der Waals surface area contributed by atoms with E-state index in [0.29, 0.717) is 0 Å². The van der Waals surface area contributed by atoms with E-state index in [9.17, 15) is 25.5 Å². The minimum Gasteiger partial charge on any atom is -0.394 e. The van der Waals surface area contributed by atoms with Crippen LogP contribution in [0.5, 0.6) is 0 Å². The Morgan fingerprint density at radius 2 is 1.75 bits per heavy atom. The van der Waals surface area contributed by atoms with Gasteiger partial charge in [-0.2, -0.15) is 0 Å².